The molecule has 7 nitrogen and oxygen atoms in total. The van der Waals surface area contributed by atoms with Gasteiger partial charge in [-0.25, -0.2) is 8.42 Å². The highest BCUT2D eigenvalue weighted by Gasteiger charge is 2.21. The minimum atomic E-state index is -3.49. The summed E-state index contributed by atoms with van der Waals surface area (Å²) in [7, 11) is -3.49. The van der Waals surface area contributed by atoms with Gasteiger partial charge in [-0.15, -0.1) is 0 Å². The van der Waals surface area contributed by atoms with Crippen LogP contribution in [0, 0.1) is 0 Å². The minimum absolute atomic E-state index is 0.118. The topological polar surface area (TPSA) is 84.9 Å². The Morgan fingerprint density at radius 3 is 2.31 bits per heavy atom. The molecule has 1 rings (SSSR count). The second-order valence-corrected chi connectivity index (χ2v) is 7.91. The quantitative estimate of drug-likeness (QED) is 0.556. The maximum absolute atomic E-state index is 12.4. The monoisotopic (exact) mass is 386 g/mol. The summed E-state index contributed by atoms with van der Waals surface area (Å²) < 4.78 is 37.0. The van der Waals surface area contributed by atoms with E-state index in [1.165, 1.54) is 16.4 Å². The van der Waals surface area contributed by atoms with Crippen LogP contribution in [0.4, 0.5) is 0 Å². The standard InChI is InChI=1S/C18H30N2O5S/c1-5-20(6-2)26(22,23)17-10-8-16(9-11-17)25-14-18(21)19-12-7-13-24-15(3)4/h8-11,15H,5-7,12-14H2,1-4H3,(H,19,21). The molecule has 0 aliphatic rings. The minimum Gasteiger partial charge on any atom is -0.484 e. The van der Waals surface area contributed by atoms with Crippen molar-refractivity contribution in [2.75, 3.05) is 32.8 Å². The van der Waals surface area contributed by atoms with Crippen molar-refractivity contribution in [3.05, 3.63) is 24.3 Å². The average molecular weight is 387 g/mol. The third-order valence-electron chi connectivity index (χ3n) is 3.63. The van der Waals surface area contributed by atoms with Crippen molar-refractivity contribution in [3.63, 3.8) is 0 Å². The molecule has 0 radical (unpaired) electrons. The van der Waals surface area contributed by atoms with Gasteiger partial charge in [-0.3, -0.25) is 4.79 Å². The molecule has 8 heteroatoms. The number of rotatable bonds is 12. The first-order valence-electron chi connectivity index (χ1n) is 8.92. The largest absolute Gasteiger partial charge is 0.484 e. The van der Waals surface area contributed by atoms with Crippen molar-refractivity contribution < 1.29 is 22.7 Å². The van der Waals surface area contributed by atoms with Gasteiger partial charge in [0.2, 0.25) is 10.0 Å². The van der Waals surface area contributed by atoms with Crippen LogP contribution < -0.4 is 10.1 Å². The van der Waals surface area contributed by atoms with E-state index in [1.807, 2.05) is 13.8 Å². The zero-order valence-corrected chi connectivity index (χ0v) is 16.8. The lowest BCUT2D eigenvalue weighted by atomic mass is 10.3. The Morgan fingerprint density at radius 1 is 1.15 bits per heavy atom. The van der Waals surface area contributed by atoms with Crippen LogP contribution in [0.2, 0.25) is 0 Å². The summed E-state index contributed by atoms with van der Waals surface area (Å²) in [5.41, 5.74) is 0. The molecule has 0 spiro atoms. The Bertz CT molecular complexity index is 640. The van der Waals surface area contributed by atoms with Gasteiger partial charge in [0.1, 0.15) is 5.75 Å². The van der Waals surface area contributed by atoms with Gasteiger partial charge in [0.25, 0.3) is 5.91 Å². The Morgan fingerprint density at radius 2 is 1.77 bits per heavy atom. The highest BCUT2D eigenvalue weighted by Crippen LogP contribution is 2.19. The van der Waals surface area contributed by atoms with Crippen LogP contribution in [0.25, 0.3) is 0 Å². The summed E-state index contributed by atoms with van der Waals surface area (Å²) in [6, 6.07) is 6.09. The van der Waals surface area contributed by atoms with E-state index in [4.69, 9.17) is 9.47 Å². The van der Waals surface area contributed by atoms with Crippen molar-refractivity contribution in [2.24, 2.45) is 0 Å². The summed E-state index contributed by atoms with van der Waals surface area (Å²) in [6.45, 7) is 9.36. The molecular formula is C18H30N2O5S. The van der Waals surface area contributed by atoms with Crippen LogP contribution in [-0.4, -0.2) is 57.6 Å². The van der Waals surface area contributed by atoms with Crippen LogP contribution in [0.1, 0.15) is 34.1 Å². The van der Waals surface area contributed by atoms with E-state index in [0.717, 1.165) is 6.42 Å². The van der Waals surface area contributed by atoms with Gasteiger partial charge in [-0.2, -0.15) is 4.31 Å². The maximum Gasteiger partial charge on any atom is 0.257 e. The predicted molar refractivity (Wildman–Crippen MR) is 101 cm³/mol. The summed E-state index contributed by atoms with van der Waals surface area (Å²) in [4.78, 5) is 11.9. The number of hydrogen-bond donors (Lipinski definition) is 1. The van der Waals surface area contributed by atoms with Gasteiger partial charge in [0.05, 0.1) is 11.0 Å². The predicted octanol–water partition coefficient (Wildman–Crippen LogP) is 2.03. The lowest BCUT2D eigenvalue weighted by molar-refractivity contribution is -0.123. The molecule has 26 heavy (non-hydrogen) atoms. The number of sulfonamides is 1. The van der Waals surface area contributed by atoms with Crippen molar-refractivity contribution in [1.29, 1.82) is 0 Å². The number of hydrogen-bond acceptors (Lipinski definition) is 5. The third-order valence-corrected chi connectivity index (χ3v) is 5.70. The molecule has 0 bridgehead atoms. The fourth-order valence-electron chi connectivity index (χ4n) is 2.24. The molecule has 0 aliphatic carbocycles. The van der Waals surface area contributed by atoms with Gasteiger partial charge in [-0.05, 0) is 44.5 Å². The second kappa shape index (κ2) is 11.2. The van der Waals surface area contributed by atoms with E-state index in [-0.39, 0.29) is 23.5 Å². The summed E-state index contributed by atoms with van der Waals surface area (Å²) in [6.07, 6.45) is 0.921. The van der Waals surface area contributed by atoms with Crippen molar-refractivity contribution >= 4 is 15.9 Å². The summed E-state index contributed by atoms with van der Waals surface area (Å²) in [5.74, 6) is 0.219. The average Bonchev–Trinajstić information content (AvgIpc) is 2.60. The van der Waals surface area contributed by atoms with Crippen molar-refractivity contribution in [2.45, 2.75) is 45.1 Å². The number of carbonyl (C=O) groups excluding carboxylic acids is 1. The number of carbonyl (C=O) groups is 1. The zero-order chi connectivity index (χ0) is 19.6. The van der Waals surface area contributed by atoms with E-state index in [0.29, 0.717) is 32.0 Å². The Kier molecular flexibility index (Phi) is 9.61. The van der Waals surface area contributed by atoms with Crippen molar-refractivity contribution in [1.82, 2.24) is 9.62 Å². The molecule has 0 saturated heterocycles. The molecule has 0 aliphatic heterocycles. The van der Waals surface area contributed by atoms with Crippen LogP contribution in [0.15, 0.2) is 29.2 Å². The van der Waals surface area contributed by atoms with Crippen LogP contribution in [-0.2, 0) is 19.6 Å². The molecule has 0 fully saturated rings. The molecule has 0 saturated carbocycles. The van der Waals surface area contributed by atoms with E-state index in [2.05, 4.69) is 5.32 Å². The normalized spacial score (nSPS) is 11.8. The first-order valence-corrected chi connectivity index (χ1v) is 10.4. The van der Waals surface area contributed by atoms with E-state index in [9.17, 15) is 13.2 Å². The Balaban J connectivity index is 2.44. The fraction of sp³-hybridized carbons (Fsp3) is 0.611. The van der Waals surface area contributed by atoms with Gasteiger partial charge >= 0.3 is 0 Å². The number of nitrogens with one attached hydrogen (secondary N) is 1. The van der Waals surface area contributed by atoms with Gasteiger partial charge in [0, 0.05) is 26.2 Å². The van der Waals surface area contributed by atoms with E-state index in [1.54, 1.807) is 26.0 Å². The molecule has 1 aromatic carbocycles. The summed E-state index contributed by atoms with van der Waals surface area (Å²) >= 11 is 0. The molecule has 1 N–H and O–H groups in total. The van der Waals surface area contributed by atoms with Crippen molar-refractivity contribution in [3.8, 4) is 5.75 Å². The highest BCUT2D eigenvalue weighted by molar-refractivity contribution is 7.89. The lowest BCUT2D eigenvalue weighted by Crippen LogP contribution is -2.31. The second-order valence-electron chi connectivity index (χ2n) is 5.97. The molecule has 0 heterocycles. The first kappa shape index (κ1) is 22.4. The summed E-state index contributed by atoms with van der Waals surface area (Å²) in [5, 5.41) is 2.75. The zero-order valence-electron chi connectivity index (χ0n) is 16.0. The smallest absolute Gasteiger partial charge is 0.257 e. The molecular weight excluding hydrogens is 356 g/mol. The molecule has 1 amide bonds. The SMILES string of the molecule is CCN(CC)S(=O)(=O)c1ccc(OCC(=O)NCCCOC(C)C)cc1. The highest BCUT2D eigenvalue weighted by atomic mass is 32.2. The number of amides is 1. The molecule has 0 unspecified atom stereocenters. The molecule has 0 atom stereocenters. The van der Waals surface area contributed by atoms with Crippen LogP contribution in [0.5, 0.6) is 5.75 Å². The van der Waals surface area contributed by atoms with E-state index >= 15 is 0 Å². The number of ether oxygens (including phenoxy) is 2. The van der Waals surface area contributed by atoms with E-state index < -0.39 is 10.0 Å². The third kappa shape index (κ3) is 7.31. The van der Waals surface area contributed by atoms with Gasteiger partial charge < -0.3 is 14.8 Å². The lowest BCUT2D eigenvalue weighted by Gasteiger charge is -2.18. The molecule has 148 valence electrons. The Hall–Kier alpha value is -1.64. The molecule has 1 aromatic rings. The van der Waals surface area contributed by atoms with Gasteiger partial charge in [-0.1, -0.05) is 13.8 Å². The molecule has 0 aromatic heterocycles. The van der Waals surface area contributed by atoms with Crippen LogP contribution in [0.3, 0.4) is 0 Å². The fourth-order valence-corrected chi connectivity index (χ4v) is 3.70. The number of nitrogens with zero attached hydrogens (tertiary/aromatic N) is 1. The first-order chi connectivity index (χ1) is 12.3. The Labute approximate surface area is 156 Å². The number of benzene rings is 1. The maximum atomic E-state index is 12.4. The van der Waals surface area contributed by atoms with Gasteiger partial charge in [0.15, 0.2) is 6.61 Å². The van der Waals surface area contributed by atoms with Crippen LogP contribution >= 0.6 is 0 Å².